The number of ether oxygens (including phenoxy) is 1. The third-order valence-electron chi connectivity index (χ3n) is 2.80. The second-order valence-corrected chi connectivity index (χ2v) is 7.08. The van der Waals surface area contributed by atoms with Gasteiger partial charge in [-0.05, 0) is 35.7 Å². The molecule has 0 radical (unpaired) electrons. The van der Waals surface area contributed by atoms with Crippen molar-refractivity contribution in [3.8, 4) is 5.75 Å². The Balaban J connectivity index is 1.51. The van der Waals surface area contributed by atoms with Gasteiger partial charge in [0.2, 0.25) is 11.0 Å². The van der Waals surface area contributed by atoms with E-state index in [1.54, 1.807) is 35.6 Å². The van der Waals surface area contributed by atoms with Crippen LogP contribution in [0.2, 0.25) is 5.02 Å². The number of nitrogens with one attached hydrogen (secondary N) is 1. The van der Waals surface area contributed by atoms with Crippen molar-refractivity contribution in [2.24, 2.45) is 0 Å². The molecule has 0 aliphatic rings. The van der Waals surface area contributed by atoms with E-state index >= 15 is 0 Å². The number of thiophene rings is 1. The number of rotatable bonds is 6. The third-order valence-corrected chi connectivity index (χ3v) is 4.74. The van der Waals surface area contributed by atoms with E-state index in [2.05, 4.69) is 15.5 Å². The first-order valence-electron chi connectivity index (χ1n) is 6.72. The fourth-order valence-corrected chi connectivity index (χ4v) is 3.27. The van der Waals surface area contributed by atoms with Crippen LogP contribution in [-0.4, -0.2) is 16.1 Å². The largest absolute Gasteiger partial charge is 0.486 e. The quantitative estimate of drug-likeness (QED) is 0.716. The molecule has 2 heterocycles. The summed E-state index contributed by atoms with van der Waals surface area (Å²) in [4.78, 5) is 12.9. The molecule has 3 rings (SSSR count). The molecule has 118 valence electrons. The van der Waals surface area contributed by atoms with E-state index in [4.69, 9.17) is 16.3 Å². The summed E-state index contributed by atoms with van der Waals surface area (Å²) in [5.74, 6) is 0.599. The summed E-state index contributed by atoms with van der Waals surface area (Å²) >= 11 is 8.66. The molecule has 5 nitrogen and oxygen atoms in total. The molecule has 0 spiro atoms. The Morgan fingerprint density at radius 2 is 2.04 bits per heavy atom. The minimum absolute atomic E-state index is 0.103. The predicted octanol–water partition coefficient (Wildman–Crippen LogP) is 4.01. The number of carbonyl (C=O) groups excluding carboxylic acids is 1. The lowest BCUT2D eigenvalue weighted by atomic mass is 10.3. The standard InChI is InChI=1S/C15H12ClN3O2S2/c16-10-3-5-11(6-4-10)21-9-14-18-19-15(23-14)17-13(20)8-12-2-1-7-22-12/h1-7H,8-9H2,(H,17,19,20). The summed E-state index contributed by atoms with van der Waals surface area (Å²) in [5, 5.41) is 14.5. The first-order chi connectivity index (χ1) is 11.2. The molecule has 0 saturated heterocycles. The summed E-state index contributed by atoms with van der Waals surface area (Å²) in [6, 6.07) is 10.9. The first-order valence-corrected chi connectivity index (χ1v) is 8.79. The molecule has 0 aliphatic carbocycles. The molecular formula is C15H12ClN3O2S2. The molecule has 0 unspecified atom stereocenters. The second-order valence-electron chi connectivity index (χ2n) is 4.55. The van der Waals surface area contributed by atoms with Gasteiger partial charge in [0, 0.05) is 9.90 Å². The summed E-state index contributed by atoms with van der Waals surface area (Å²) in [7, 11) is 0. The van der Waals surface area contributed by atoms with Crippen LogP contribution in [0, 0.1) is 0 Å². The van der Waals surface area contributed by atoms with Crippen LogP contribution < -0.4 is 10.1 Å². The van der Waals surface area contributed by atoms with Gasteiger partial charge in [-0.1, -0.05) is 29.0 Å². The average Bonchev–Trinajstić information content (AvgIpc) is 3.19. The van der Waals surface area contributed by atoms with E-state index in [-0.39, 0.29) is 5.91 Å². The highest BCUT2D eigenvalue weighted by atomic mass is 35.5. The van der Waals surface area contributed by atoms with Gasteiger partial charge < -0.3 is 10.1 Å². The highest BCUT2D eigenvalue weighted by Crippen LogP contribution is 2.20. The van der Waals surface area contributed by atoms with E-state index < -0.39 is 0 Å². The number of aromatic nitrogens is 2. The zero-order valence-electron chi connectivity index (χ0n) is 11.9. The van der Waals surface area contributed by atoms with Crippen LogP contribution in [0.25, 0.3) is 0 Å². The normalized spacial score (nSPS) is 10.5. The summed E-state index contributed by atoms with van der Waals surface area (Å²) < 4.78 is 5.59. The zero-order valence-corrected chi connectivity index (χ0v) is 14.2. The Labute approximate surface area is 145 Å². The maximum Gasteiger partial charge on any atom is 0.231 e. The number of nitrogens with zero attached hydrogens (tertiary/aromatic N) is 2. The number of carbonyl (C=O) groups is 1. The Kier molecular flexibility index (Phi) is 5.22. The maximum absolute atomic E-state index is 11.9. The SMILES string of the molecule is O=C(Cc1cccs1)Nc1nnc(COc2ccc(Cl)cc2)s1. The molecular weight excluding hydrogens is 354 g/mol. The monoisotopic (exact) mass is 365 g/mol. The number of anilines is 1. The minimum Gasteiger partial charge on any atom is -0.486 e. The van der Waals surface area contributed by atoms with Crippen molar-refractivity contribution in [1.29, 1.82) is 0 Å². The van der Waals surface area contributed by atoms with Gasteiger partial charge >= 0.3 is 0 Å². The summed E-state index contributed by atoms with van der Waals surface area (Å²) in [6.07, 6.45) is 0.341. The van der Waals surface area contributed by atoms with Crippen LogP contribution in [0.4, 0.5) is 5.13 Å². The topological polar surface area (TPSA) is 64.1 Å². The predicted molar refractivity (Wildman–Crippen MR) is 92.3 cm³/mol. The molecule has 1 N–H and O–H groups in total. The number of benzene rings is 1. The molecule has 23 heavy (non-hydrogen) atoms. The Bertz CT molecular complexity index is 772. The number of halogens is 1. The van der Waals surface area contributed by atoms with Crippen molar-refractivity contribution in [2.75, 3.05) is 5.32 Å². The van der Waals surface area contributed by atoms with Crippen molar-refractivity contribution < 1.29 is 9.53 Å². The van der Waals surface area contributed by atoms with Crippen LogP contribution in [0.5, 0.6) is 5.75 Å². The lowest BCUT2D eigenvalue weighted by Gasteiger charge is -2.02. The molecule has 0 bridgehead atoms. The Morgan fingerprint density at radius 3 is 2.78 bits per heavy atom. The van der Waals surface area contributed by atoms with Crippen LogP contribution in [-0.2, 0) is 17.8 Å². The van der Waals surface area contributed by atoms with Gasteiger partial charge in [-0.25, -0.2) is 0 Å². The van der Waals surface area contributed by atoms with E-state index in [9.17, 15) is 4.79 Å². The van der Waals surface area contributed by atoms with E-state index in [0.717, 1.165) is 4.88 Å². The zero-order chi connectivity index (χ0) is 16.1. The molecule has 0 aliphatic heterocycles. The molecule has 0 atom stereocenters. The maximum atomic E-state index is 11.9. The number of hydrogen-bond donors (Lipinski definition) is 1. The van der Waals surface area contributed by atoms with Crippen molar-refractivity contribution in [3.63, 3.8) is 0 Å². The molecule has 2 aromatic heterocycles. The van der Waals surface area contributed by atoms with E-state index in [0.29, 0.717) is 33.9 Å². The molecule has 0 fully saturated rings. The average molecular weight is 366 g/mol. The van der Waals surface area contributed by atoms with Crippen LogP contribution >= 0.6 is 34.3 Å². The number of hydrogen-bond acceptors (Lipinski definition) is 6. The van der Waals surface area contributed by atoms with Crippen molar-refractivity contribution in [3.05, 3.63) is 56.7 Å². The molecule has 8 heteroatoms. The number of amides is 1. The van der Waals surface area contributed by atoms with Crippen molar-refractivity contribution in [1.82, 2.24) is 10.2 Å². The van der Waals surface area contributed by atoms with Crippen LogP contribution in [0.15, 0.2) is 41.8 Å². The smallest absolute Gasteiger partial charge is 0.231 e. The van der Waals surface area contributed by atoms with Crippen LogP contribution in [0.1, 0.15) is 9.88 Å². The molecule has 3 aromatic rings. The highest BCUT2D eigenvalue weighted by Gasteiger charge is 2.10. The van der Waals surface area contributed by atoms with Crippen molar-refractivity contribution >= 4 is 45.3 Å². The van der Waals surface area contributed by atoms with E-state index in [1.165, 1.54) is 11.3 Å². The second kappa shape index (κ2) is 7.54. The first kappa shape index (κ1) is 15.9. The summed E-state index contributed by atoms with van der Waals surface area (Å²) in [5.41, 5.74) is 0. The van der Waals surface area contributed by atoms with Crippen LogP contribution in [0.3, 0.4) is 0 Å². The Hall–Kier alpha value is -1.96. The molecule has 0 saturated carbocycles. The lowest BCUT2D eigenvalue weighted by Crippen LogP contribution is -2.13. The lowest BCUT2D eigenvalue weighted by molar-refractivity contribution is -0.115. The highest BCUT2D eigenvalue weighted by molar-refractivity contribution is 7.15. The molecule has 1 amide bonds. The summed E-state index contributed by atoms with van der Waals surface area (Å²) in [6.45, 7) is 0.292. The minimum atomic E-state index is -0.103. The van der Waals surface area contributed by atoms with Gasteiger partial charge in [0.1, 0.15) is 12.4 Å². The van der Waals surface area contributed by atoms with Gasteiger partial charge in [0.15, 0.2) is 5.01 Å². The van der Waals surface area contributed by atoms with Gasteiger partial charge in [0.25, 0.3) is 0 Å². The third kappa shape index (κ3) is 4.75. The van der Waals surface area contributed by atoms with Gasteiger partial charge in [0.05, 0.1) is 6.42 Å². The molecule has 1 aromatic carbocycles. The van der Waals surface area contributed by atoms with E-state index in [1.807, 2.05) is 17.5 Å². The van der Waals surface area contributed by atoms with Crippen molar-refractivity contribution in [2.45, 2.75) is 13.0 Å². The fraction of sp³-hybridized carbons (Fsp3) is 0.133. The van der Waals surface area contributed by atoms with Gasteiger partial charge in [-0.3, -0.25) is 4.79 Å². The Morgan fingerprint density at radius 1 is 1.22 bits per heavy atom. The fourth-order valence-electron chi connectivity index (χ4n) is 1.77. The van der Waals surface area contributed by atoms with Gasteiger partial charge in [-0.15, -0.1) is 21.5 Å². The van der Waals surface area contributed by atoms with Gasteiger partial charge in [-0.2, -0.15) is 0 Å².